The van der Waals surface area contributed by atoms with Gasteiger partial charge in [0.1, 0.15) is 17.6 Å². The number of hydrogen-bond donors (Lipinski definition) is 4. The molecule has 3 heterocycles. The number of H-pyrrole nitrogens is 1. The van der Waals surface area contributed by atoms with E-state index in [1.807, 2.05) is 24.3 Å². The molecular formula is C23H26N4O6S. The molecule has 0 bridgehead atoms. The van der Waals surface area contributed by atoms with E-state index < -0.39 is 15.9 Å². The summed E-state index contributed by atoms with van der Waals surface area (Å²) in [4.78, 5) is 11.3. The second-order valence-corrected chi connectivity index (χ2v) is 10.00. The maximum absolute atomic E-state index is 11.6. The Bertz CT molecular complexity index is 1290. The molecular weight excluding hydrogens is 460 g/mol. The van der Waals surface area contributed by atoms with Gasteiger partial charge in [0.15, 0.2) is 14.9 Å². The highest BCUT2D eigenvalue weighted by atomic mass is 32.2. The molecule has 0 spiro atoms. The number of aliphatic hydroxyl groups excluding tert-OH is 2. The first-order chi connectivity index (χ1) is 16.2. The van der Waals surface area contributed by atoms with Crippen LogP contribution in [0.4, 0.5) is 0 Å². The smallest absolute Gasteiger partial charge is 0.237 e. The molecule has 1 aliphatic heterocycles. The molecule has 11 heteroatoms. The van der Waals surface area contributed by atoms with Crippen LogP contribution in [0.15, 0.2) is 53.8 Å². The van der Waals surface area contributed by atoms with E-state index in [1.165, 1.54) is 6.20 Å². The molecule has 10 nitrogen and oxygen atoms in total. The molecule has 0 saturated carbocycles. The Morgan fingerprint density at radius 3 is 2.53 bits per heavy atom. The Morgan fingerprint density at radius 1 is 1.12 bits per heavy atom. The summed E-state index contributed by atoms with van der Waals surface area (Å²) in [6, 6.07) is 9.12. The van der Waals surface area contributed by atoms with Crippen LogP contribution < -0.4 is 14.8 Å². The van der Waals surface area contributed by atoms with E-state index in [4.69, 9.17) is 9.47 Å². The molecule has 4 N–H and O–H groups in total. The van der Waals surface area contributed by atoms with Crippen LogP contribution in [-0.4, -0.2) is 65.2 Å². The number of ether oxygens (including phenoxy) is 2. The van der Waals surface area contributed by atoms with Crippen LogP contribution in [0.2, 0.25) is 0 Å². The summed E-state index contributed by atoms with van der Waals surface area (Å²) < 4.78 is 34.8. The van der Waals surface area contributed by atoms with Crippen LogP contribution in [-0.2, 0) is 9.84 Å². The Balaban J connectivity index is 1.63. The molecule has 1 aromatic carbocycles. The molecule has 2 atom stereocenters. The maximum atomic E-state index is 11.6. The van der Waals surface area contributed by atoms with Gasteiger partial charge in [-0.05, 0) is 37.6 Å². The third kappa shape index (κ3) is 5.56. The number of sulfone groups is 1. The highest BCUT2D eigenvalue weighted by molar-refractivity contribution is 7.90. The zero-order chi connectivity index (χ0) is 24.3. The van der Waals surface area contributed by atoms with E-state index in [0.29, 0.717) is 11.5 Å². The van der Waals surface area contributed by atoms with Crippen molar-refractivity contribution in [2.75, 3.05) is 19.5 Å². The van der Waals surface area contributed by atoms with Gasteiger partial charge in [-0.2, -0.15) is 0 Å². The van der Waals surface area contributed by atoms with Crippen molar-refractivity contribution < 1.29 is 28.1 Å². The monoisotopic (exact) mass is 486 g/mol. The van der Waals surface area contributed by atoms with Crippen LogP contribution in [0.1, 0.15) is 19.0 Å². The van der Waals surface area contributed by atoms with Crippen molar-refractivity contribution in [1.29, 1.82) is 0 Å². The van der Waals surface area contributed by atoms with E-state index in [1.54, 1.807) is 19.1 Å². The SMILES string of the molecule is C[C@@H](CO)Oc1cc(Oc2cnc(S(C)(=O)=O)cn2)cc(-c2ccc(C3=CC[C@H](CO)N3)[nH]2)c1. The minimum Gasteiger partial charge on any atom is -0.488 e. The topological polar surface area (TPSA) is 147 Å². The highest BCUT2D eigenvalue weighted by Gasteiger charge is 2.18. The van der Waals surface area contributed by atoms with Gasteiger partial charge in [-0.15, -0.1) is 0 Å². The van der Waals surface area contributed by atoms with Crippen LogP contribution in [0.3, 0.4) is 0 Å². The molecule has 0 amide bonds. The Labute approximate surface area is 197 Å². The fraction of sp³-hybridized carbons (Fsp3) is 0.304. The van der Waals surface area contributed by atoms with E-state index >= 15 is 0 Å². The van der Waals surface area contributed by atoms with Crippen LogP contribution in [0.5, 0.6) is 17.4 Å². The van der Waals surface area contributed by atoms with Gasteiger partial charge in [0.25, 0.3) is 0 Å². The molecule has 34 heavy (non-hydrogen) atoms. The van der Waals surface area contributed by atoms with Crippen LogP contribution in [0.25, 0.3) is 17.0 Å². The minimum atomic E-state index is -3.47. The summed E-state index contributed by atoms with van der Waals surface area (Å²) in [5, 5.41) is 21.9. The molecule has 0 saturated heterocycles. The Kier molecular flexibility index (Phi) is 6.87. The average molecular weight is 487 g/mol. The van der Waals surface area contributed by atoms with Gasteiger partial charge in [-0.1, -0.05) is 6.08 Å². The zero-order valence-corrected chi connectivity index (χ0v) is 19.5. The van der Waals surface area contributed by atoms with Crippen molar-refractivity contribution in [2.24, 2.45) is 0 Å². The number of aromatic nitrogens is 3. The number of nitrogens with zero attached hydrogens (tertiary/aromatic N) is 2. The fourth-order valence-corrected chi connectivity index (χ4v) is 3.91. The van der Waals surface area contributed by atoms with Gasteiger partial charge in [-0.3, -0.25) is 0 Å². The van der Waals surface area contributed by atoms with Crippen LogP contribution >= 0.6 is 0 Å². The lowest BCUT2D eigenvalue weighted by atomic mass is 10.1. The van der Waals surface area contributed by atoms with Crippen molar-refractivity contribution in [3.8, 4) is 28.6 Å². The van der Waals surface area contributed by atoms with E-state index in [-0.39, 0.29) is 30.2 Å². The number of hydrogen-bond acceptors (Lipinski definition) is 9. The zero-order valence-electron chi connectivity index (χ0n) is 18.7. The summed E-state index contributed by atoms with van der Waals surface area (Å²) >= 11 is 0. The summed E-state index contributed by atoms with van der Waals surface area (Å²) in [7, 11) is -3.47. The molecule has 0 radical (unpaired) electrons. The molecule has 2 aromatic heterocycles. The lowest BCUT2D eigenvalue weighted by Gasteiger charge is -2.15. The number of benzene rings is 1. The Hall–Kier alpha value is -3.41. The predicted octanol–water partition coefficient (Wildman–Crippen LogP) is 2.12. The second-order valence-electron chi connectivity index (χ2n) is 8.03. The van der Waals surface area contributed by atoms with Crippen molar-refractivity contribution in [3.63, 3.8) is 0 Å². The molecule has 4 rings (SSSR count). The standard InChI is InChI=1S/C23H26N4O6S/c1-14(12-28)32-17-7-15(19-5-6-21(27-19)20-4-3-16(13-29)26-20)8-18(9-17)33-22-10-25-23(11-24-22)34(2,30)31/h4-11,14,16,26-29H,3,12-13H2,1-2H3/t14-,16+/m0/s1. The van der Waals surface area contributed by atoms with Gasteiger partial charge >= 0.3 is 0 Å². The van der Waals surface area contributed by atoms with E-state index in [0.717, 1.165) is 41.5 Å². The van der Waals surface area contributed by atoms with Gasteiger partial charge < -0.3 is 30.0 Å². The van der Waals surface area contributed by atoms with Gasteiger partial charge in [0.2, 0.25) is 5.88 Å². The first-order valence-electron chi connectivity index (χ1n) is 10.6. The third-order valence-corrected chi connectivity index (χ3v) is 6.13. The average Bonchev–Trinajstić information content (AvgIpc) is 3.48. The molecule has 180 valence electrons. The largest absolute Gasteiger partial charge is 0.488 e. The highest BCUT2D eigenvalue weighted by Crippen LogP contribution is 2.33. The van der Waals surface area contributed by atoms with Crippen molar-refractivity contribution in [1.82, 2.24) is 20.3 Å². The summed E-state index contributed by atoms with van der Waals surface area (Å²) in [6.45, 7) is 1.65. The van der Waals surface area contributed by atoms with Crippen molar-refractivity contribution in [2.45, 2.75) is 30.5 Å². The molecule has 0 aliphatic carbocycles. The van der Waals surface area contributed by atoms with E-state index in [9.17, 15) is 18.6 Å². The number of aromatic amines is 1. The summed E-state index contributed by atoms with van der Waals surface area (Å²) in [5.74, 6) is 0.992. The van der Waals surface area contributed by atoms with Gasteiger partial charge in [0.05, 0.1) is 43.0 Å². The first-order valence-corrected chi connectivity index (χ1v) is 12.5. The summed E-state index contributed by atoms with van der Waals surface area (Å²) in [6.07, 6.45) is 5.78. The van der Waals surface area contributed by atoms with Crippen LogP contribution in [0, 0.1) is 0 Å². The minimum absolute atomic E-state index is 0.00800. The number of aliphatic hydroxyl groups is 2. The molecule has 0 unspecified atom stereocenters. The van der Waals surface area contributed by atoms with E-state index in [2.05, 4.69) is 20.3 Å². The predicted molar refractivity (Wildman–Crippen MR) is 125 cm³/mol. The molecule has 3 aromatic rings. The second kappa shape index (κ2) is 9.84. The molecule has 1 aliphatic rings. The van der Waals surface area contributed by atoms with Gasteiger partial charge in [0, 0.05) is 23.6 Å². The molecule has 0 fully saturated rings. The quantitative estimate of drug-likeness (QED) is 0.357. The van der Waals surface area contributed by atoms with Crippen molar-refractivity contribution >= 4 is 15.5 Å². The number of nitrogens with one attached hydrogen (secondary N) is 2. The fourth-order valence-electron chi connectivity index (χ4n) is 3.42. The Morgan fingerprint density at radius 2 is 1.88 bits per heavy atom. The first kappa shape index (κ1) is 23.7. The van der Waals surface area contributed by atoms with Crippen molar-refractivity contribution in [3.05, 3.63) is 54.5 Å². The lowest BCUT2D eigenvalue weighted by Crippen LogP contribution is -2.25. The normalized spacial score (nSPS) is 16.6. The maximum Gasteiger partial charge on any atom is 0.237 e. The number of rotatable bonds is 9. The third-order valence-electron chi connectivity index (χ3n) is 5.15. The lowest BCUT2D eigenvalue weighted by molar-refractivity contribution is 0.129. The summed E-state index contributed by atoms with van der Waals surface area (Å²) in [5.41, 5.74) is 3.37. The van der Waals surface area contributed by atoms with Gasteiger partial charge in [-0.25, -0.2) is 18.4 Å².